The normalized spacial score (nSPS) is 9.57. The zero-order valence-electron chi connectivity index (χ0n) is 8.78. The summed E-state index contributed by atoms with van der Waals surface area (Å²) in [6.45, 7) is 0.576. The Hall–Kier alpha value is -1.45. The van der Waals surface area contributed by atoms with E-state index in [-0.39, 0.29) is 6.09 Å². The van der Waals surface area contributed by atoms with Gasteiger partial charge in [0.2, 0.25) is 0 Å². The molecule has 0 bridgehead atoms. The van der Waals surface area contributed by atoms with E-state index in [1.807, 2.05) is 32.1 Å². The van der Waals surface area contributed by atoms with Crippen LogP contribution in [0.2, 0.25) is 0 Å². The van der Waals surface area contributed by atoms with Crippen molar-refractivity contribution in [1.82, 2.24) is 4.90 Å². The van der Waals surface area contributed by atoms with Crippen LogP contribution in [-0.2, 0) is 11.3 Å². The van der Waals surface area contributed by atoms with Gasteiger partial charge < -0.3 is 9.64 Å². The summed E-state index contributed by atoms with van der Waals surface area (Å²) in [6, 6.07) is 8.07. The highest BCUT2D eigenvalue weighted by Crippen LogP contribution is 2.02. The Morgan fingerprint density at radius 3 is 2.50 bits per heavy atom. The maximum Gasteiger partial charge on any atom is 0.409 e. The number of carbonyl (C=O) groups is 1. The minimum atomic E-state index is -0.314. The summed E-state index contributed by atoms with van der Waals surface area (Å²) >= 11 is 0. The molecule has 1 aromatic carbocycles. The van der Waals surface area contributed by atoms with E-state index in [1.165, 1.54) is 17.5 Å². The molecule has 0 spiro atoms. The average Bonchev–Trinajstić information content (AvgIpc) is 2.20. The van der Waals surface area contributed by atoms with Crippen LogP contribution >= 0.6 is 0 Å². The molecule has 14 heavy (non-hydrogen) atoms. The van der Waals surface area contributed by atoms with Crippen molar-refractivity contribution in [3.8, 4) is 0 Å². The molecule has 0 atom stereocenters. The van der Waals surface area contributed by atoms with E-state index in [0.29, 0.717) is 6.54 Å². The zero-order chi connectivity index (χ0) is 10.6. The summed E-state index contributed by atoms with van der Waals surface area (Å²) in [5.74, 6) is 0. The van der Waals surface area contributed by atoms with Crippen molar-refractivity contribution in [3.63, 3.8) is 0 Å². The number of carbonyl (C=O) groups excluding carboxylic acids is 1. The average molecular weight is 191 g/mol. The Balaban J connectivity index is 2.60. The molecule has 1 rings (SSSR count). The molecule has 1 aromatic rings. The van der Waals surface area contributed by atoms with Crippen LogP contribution in [0, 0.1) is 0 Å². The molecule has 0 fully saturated rings. The largest absolute Gasteiger partial charge is 0.453 e. The maximum atomic E-state index is 11.1. The highest BCUT2D eigenvalue weighted by atomic mass is 16.5. The molecule has 0 aliphatic rings. The number of benzene rings is 1. The van der Waals surface area contributed by atoms with Crippen molar-refractivity contribution in [2.45, 2.75) is 6.54 Å². The van der Waals surface area contributed by atoms with E-state index in [1.54, 1.807) is 7.05 Å². The molecular formula is C10H14BNO2. The van der Waals surface area contributed by atoms with E-state index >= 15 is 0 Å². The Morgan fingerprint density at radius 1 is 1.43 bits per heavy atom. The van der Waals surface area contributed by atoms with Gasteiger partial charge in [0.15, 0.2) is 0 Å². The summed E-state index contributed by atoms with van der Waals surface area (Å²) < 4.78 is 4.59. The molecule has 0 heterocycles. The summed E-state index contributed by atoms with van der Waals surface area (Å²) in [4.78, 5) is 12.6. The Kier molecular flexibility index (Phi) is 3.57. The Labute approximate surface area is 85.1 Å². The predicted molar refractivity (Wildman–Crippen MR) is 58.5 cm³/mol. The molecular weight excluding hydrogens is 177 g/mol. The second kappa shape index (κ2) is 4.70. The van der Waals surface area contributed by atoms with Gasteiger partial charge in [0.1, 0.15) is 7.85 Å². The van der Waals surface area contributed by atoms with Crippen LogP contribution in [0.5, 0.6) is 0 Å². The van der Waals surface area contributed by atoms with Crippen LogP contribution in [0.25, 0.3) is 0 Å². The summed E-state index contributed by atoms with van der Waals surface area (Å²) in [7, 11) is 5.13. The fourth-order valence-corrected chi connectivity index (χ4v) is 1.19. The predicted octanol–water partition coefficient (Wildman–Crippen LogP) is 0.143. The van der Waals surface area contributed by atoms with Crippen LogP contribution in [-0.4, -0.2) is 33.0 Å². The fraction of sp³-hybridized carbons (Fsp3) is 0.300. The van der Waals surface area contributed by atoms with Gasteiger partial charge in [0.25, 0.3) is 0 Å². The standard InChI is InChI=1S/C10H14BNO2/c1-12(10(13)14-2)7-8-3-5-9(11)6-4-8/h3-6H,7,11H2,1-2H3. The van der Waals surface area contributed by atoms with Gasteiger partial charge in [-0.25, -0.2) is 4.79 Å². The third-order valence-corrected chi connectivity index (χ3v) is 2.03. The van der Waals surface area contributed by atoms with E-state index in [2.05, 4.69) is 4.74 Å². The number of hydrogen-bond donors (Lipinski definition) is 0. The SMILES string of the molecule is Bc1ccc(CN(C)C(=O)OC)cc1. The minimum Gasteiger partial charge on any atom is -0.453 e. The van der Waals surface area contributed by atoms with Gasteiger partial charge >= 0.3 is 6.09 Å². The molecule has 0 aromatic heterocycles. The molecule has 1 amide bonds. The van der Waals surface area contributed by atoms with Crippen molar-refractivity contribution in [2.24, 2.45) is 0 Å². The molecule has 4 heteroatoms. The van der Waals surface area contributed by atoms with Gasteiger partial charge in [0.05, 0.1) is 7.11 Å². The van der Waals surface area contributed by atoms with Crippen LogP contribution in [0.4, 0.5) is 4.79 Å². The lowest BCUT2D eigenvalue weighted by molar-refractivity contribution is 0.131. The van der Waals surface area contributed by atoms with Crippen LogP contribution in [0.15, 0.2) is 24.3 Å². The summed E-state index contributed by atoms with van der Waals surface area (Å²) in [5, 5.41) is 0. The lowest BCUT2D eigenvalue weighted by Gasteiger charge is -2.15. The van der Waals surface area contributed by atoms with Crippen molar-refractivity contribution >= 4 is 19.4 Å². The number of nitrogens with zero attached hydrogens (tertiary/aromatic N) is 1. The number of ether oxygens (including phenoxy) is 1. The third-order valence-electron chi connectivity index (χ3n) is 2.03. The molecule has 74 valence electrons. The molecule has 0 unspecified atom stereocenters. The first kappa shape index (κ1) is 10.6. The molecule has 0 N–H and O–H groups in total. The van der Waals surface area contributed by atoms with Crippen molar-refractivity contribution < 1.29 is 9.53 Å². The highest BCUT2D eigenvalue weighted by Gasteiger charge is 2.07. The van der Waals surface area contributed by atoms with Gasteiger partial charge in [-0.3, -0.25) is 0 Å². The van der Waals surface area contributed by atoms with Crippen LogP contribution in [0.3, 0.4) is 0 Å². The van der Waals surface area contributed by atoms with Crippen LogP contribution in [0.1, 0.15) is 5.56 Å². The second-order valence-electron chi connectivity index (χ2n) is 3.31. The van der Waals surface area contributed by atoms with E-state index < -0.39 is 0 Å². The van der Waals surface area contributed by atoms with E-state index in [0.717, 1.165) is 5.56 Å². The molecule has 0 saturated carbocycles. The summed E-state index contributed by atoms with van der Waals surface area (Å²) in [5.41, 5.74) is 2.32. The second-order valence-corrected chi connectivity index (χ2v) is 3.31. The molecule has 0 saturated heterocycles. The lowest BCUT2D eigenvalue weighted by Crippen LogP contribution is -2.25. The highest BCUT2D eigenvalue weighted by molar-refractivity contribution is 6.32. The first-order chi connectivity index (χ1) is 6.63. The van der Waals surface area contributed by atoms with Gasteiger partial charge in [-0.05, 0) is 5.56 Å². The quantitative estimate of drug-likeness (QED) is 0.622. The first-order valence-electron chi connectivity index (χ1n) is 4.48. The van der Waals surface area contributed by atoms with Crippen molar-refractivity contribution in [2.75, 3.05) is 14.2 Å². The molecule has 3 nitrogen and oxygen atoms in total. The maximum absolute atomic E-state index is 11.1. The monoisotopic (exact) mass is 191 g/mol. The Morgan fingerprint density at radius 2 is 2.00 bits per heavy atom. The molecule has 0 radical (unpaired) electrons. The Bertz CT molecular complexity index is 310. The number of rotatable bonds is 2. The van der Waals surface area contributed by atoms with Crippen LogP contribution < -0.4 is 5.46 Å². The number of hydrogen-bond acceptors (Lipinski definition) is 2. The van der Waals surface area contributed by atoms with Gasteiger partial charge in [-0.2, -0.15) is 0 Å². The third kappa shape index (κ3) is 2.80. The first-order valence-corrected chi connectivity index (χ1v) is 4.48. The molecule has 0 aliphatic heterocycles. The zero-order valence-corrected chi connectivity index (χ0v) is 8.78. The number of amides is 1. The van der Waals surface area contributed by atoms with Gasteiger partial charge in [-0.15, -0.1) is 0 Å². The smallest absolute Gasteiger partial charge is 0.409 e. The summed E-state index contributed by atoms with van der Waals surface area (Å²) in [6.07, 6.45) is -0.314. The van der Waals surface area contributed by atoms with E-state index in [4.69, 9.17) is 0 Å². The van der Waals surface area contributed by atoms with E-state index in [9.17, 15) is 4.79 Å². The number of methoxy groups -OCH3 is 1. The molecule has 0 aliphatic carbocycles. The lowest BCUT2D eigenvalue weighted by atomic mass is 9.95. The topological polar surface area (TPSA) is 29.5 Å². The van der Waals surface area contributed by atoms with Crippen molar-refractivity contribution in [1.29, 1.82) is 0 Å². The fourth-order valence-electron chi connectivity index (χ4n) is 1.19. The van der Waals surface area contributed by atoms with Gasteiger partial charge in [-0.1, -0.05) is 29.7 Å². The minimum absolute atomic E-state index is 0.314. The van der Waals surface area contributed by atoms with Gasteiger partial charge in [0, 0.05) is 13.6 Å². The van der Waals surface area contributed by atoms with Crippen molar-refractivity contribution in [3.05, 3.63) is 29.8 Å².